The van der Waals surface area contributed by atoms with E-state index in [9.17, 15) is 9.18 Å². The second kappa shape index (κ2) is 4.64. The summed E-state index contributed by atoms with van der Waals surface area (Å²) >= 11 is 3.00. The van der Waals surface area contributed by atoms with Crippen LogP contribution < -0.4 is 4.90 Å². The van der Waals surface area contributed by atoms with E-state index in [1.165, 1.54) is 25.0 Å². The van der Waals surface area contributed by atoms with Crippen LogP contribution in [0.15, 0.2) is 16.6 Å². The first-order valence-electron chi connectivity index (χ1n) is 5.43. The highest BCUT2D eigenvalue weighted by molar-refractivity contribution is 9.10. The fraction of sp³-hybridized carbons (Fsp3) is 0.417. The normalized spacial score (nSPS) is 14.8. The third-order valence-corrected chi connectivity index (χ3v) is 3.71. The number of hydrogen-bond donors (Lipinski definition) is 1. The molecular weight excluding hydrogens is 289 g/mol. The molecule has 1 aliphatic carbocycles. The molecule has 3 nitrogen and oxygen atoms in total. The van der Waals surface area contributed by atoms with Gasteiger partial charge in [-0.05, 0) is 46.8 Å². The Kier molecular flexibility index (Phi) is 3.38. The SMILES string of the molecule is CN(CC1CC1)c1ccc(C(=O)O)c(Br)c1F. The van der Waals surface area contributed by atoms with Gasteiger partial charge in [0.1, 0.15) is 0 Å². The van der Waals surface area contributed by atoms with Crippen molar-refractivity contribution in [3.8, 4) is 0 Å². The minimum atomic E-state index is -1.13. The molecule has 5 heteroatoms. The minimum absolute atomic E-state index is 0.0187. The molecule has 0 saturated heterocycles. The van der Waals surface area contributed by atoms with Crippen molar-refractivity contribution in [1.82, 2.24) is 0 Å². The summed E-state index contributed by atoms with van der Waals surface area (Å²) < 4.78 is 14.0. The van der Waals surface area contributed by atoms with Crippen molar-refractivity contribution >= 4 is 27.6 Å². The second-order valence-electron chi connectivity index (χ2n) is 4.39. The number of carbonyl (C=O) groups is 1. The summed E-state index contributed by atoms with van der Waals surface area (Å²) in [5, 5.41) is 8.86. The zero-order valence-corrected chi connectivity index (χ0v) is 11.0. The Morgan fingerprint density at radius 1 is 1.59 bits per heavy atom. The Hall–Kier alpha value is -1.10. The van der Waals surface area contributed by atoms with Crippen LogP contribution in [0.5, 0.6) is 0 Å². The summed E-state index contributed by atoms with van der Waals surface area (Å²) in [6.07, 6.45) is 2.39. The molecule has 2 rings (SSSR count). The number of nitrogens with zero attached hydrogens (tertiary/aromatic N) is 1. The Balaban J connectivity index is 2.28. The number of carboxylic acids is 1. The smallest absolute Gasteiger partial charge is 0.336 e. The summed E-state index contributed by atoms with van der Waals surface area (Å²) in [5.41, 5.74) is 0.389. The van der Waals surface area contributed by atoms with Gasteiger partial charge in [-0.2, -0.15) is 0 Å². The van der Waals surface area contributed by atoms with E-state index in [0.29, 0.717) is 11.6 Å². The predicted molar refractivity (Wildman–Crippen MR) is 67.1 cm³/mol. The Morgan fingerprint density at radius 2 is 2.24 bits per heavy atom. The number of anilines is 1. The molecule has 0 bridgehead atoms. The second-order valence-corrected chi connectivity index (χ2v) is 5.18. The molecule has 1 fully saturated rings. The van der Waals surface area contributed by atoms with Gasteiger partial charge in [0, 0.05) is 13.6 Å². The molecule has 1 aromatic rings. The number of aromatic carboxylic acids is 1. The average molecular weight is 302 g/mol. The van der Waals surface area contributed by atoms with Gasteiger partial charge < -0.3 is 10.0 Å². The highest BCUT2D eigenvalue weighted by Crippen LogP contribution is 2.33. The molecule has 1 saturated carbocycles. The fourth-order valence-electron chi connectivity index (χ4n) is 1.79. The number of rotatable bonds is 4. The molecule has 1 aromatic carbocycles. The lowest BCUT2D eigenvalue weighted by Crippen LogP contribution is -2.21. The summed E-state index contributed by atoms with van der Waals surface area (Å²) in [7, 11) is 1.82. The van der Waals surface area contributed by atoms with E-state index >= 15 is 0 Å². The van der Waals surface area contributed by atoms with Crippen molar-refractivity contribution in [3.63, 3.8) is 0 Å². The van der Waals surface area contributed by atoms with Crippen molar-refractivity contribution in [1.29, 1.82) is 0 Å². The van der Waals surface area contributed by atoms with Crippen LogP contribution in [-0.4, -0.2) is 24.7 Å². The van der Waals surface area contributed by atoms with E-state index in [0.717, 1.165) is 6.54 Å². The van der Waals surface area contributed by atoms with Crippen LogP contribution in [0.4, 0.5) is 10.1 Å². The van der Waals surface area contributed by atoms with E-state index in [2.05, 4.69) is 15.9 Å². The zero-order chi connectivity index (χ0) is 12.6. The van der Waals surface area contributed by atoms with E-state index in [1.807, 2.05) is 11.9 Å². The number of halogens is 2. The molecule has 92 valence electrons. The molecule has 0 aliphatic heterocycles. The summed E-state index contributed by atoms with van der Waals surface area (Å²) in [6, 6.07) is 2.94. The molecule has 0 atom stereocenters. The first-order chi connectivity index (χ1) is 8.00. The van der Waals surface area contributed by atoms with E-state index < -0.39 is 11.8 Å². The molecule has 1 N–H and O–H groups in total. The maximum absolute atomic E-state index is 14.0. The predicted octanol–water partition coefficient (Wildman–Crippen LogP) is 3.13. The molecule has 17 heavy (non-hydrogen) atoms. The topological polar surface area (TPSA) is 40.5 Å². The van der Waals surface area contributed by atoms with E-state index in [1.54, 1.807) is 0 Å². The van der Waals surface area contributed by atoms with Crippen molar-refractivity contribution < 1.29 is 14.3 Å². The average Bonchev–Trinajstić information content (AvgIpc) is 3.05. The van der Waals surface area contributed by atoms with Crippen LogP contribution in [0.1, 0.15) is 23.2 Å². The van der Waals surface area contributed by atoms with Crippen molar-refractivity contribution in [2.24, 2.45) is 5.92 Å². The van der Waals surface area contributed by atoms with Crippen molar-refractivity contribution in [2.75, 3.05) is 18.5 Å². The Morgan fingerprint density at radius 3 is 2.76 bits per heavy atom. The van der Waals surface area contributed by atoms with Gasteiger partial charge in [0.05, 0.1) is 15.7 Å². The maximum Gasteiger partial charge on any atom is 0.336 e. The lowest BCUT2D eigenvalue weighted by molar-refractivity contribution is 0.0695. The molecule has 0 unspecified atom stereocenters. The van der Waals surface area contributed by atoms with E-state index in [-0.39, 0.29) is 10.0 Å². The monoisotopic (exact) mass is 301 g/mol. The number of benzene rings is 1. The molecule has 1 aliphatic rings. The summed E-state index contributed by atoms with van der Waals surface area (Å²) in [6.45, 7) is 0.815. The van der Waals surface area contributed by atoms with Gasteiger partial charge in [-0.25, -0.2) is 9.18 Å². The first kappa shape index (κ1) is 12.4. The van der Waals surface area contributed by atoms with Gasteiger partial charge in [-0.15, -0.1) is 0 Å². The van der Waals surface area contributed by atoms with Gasteiger partial charge in [-0.3, -0.25) is 0 Å². The largest absolute Gasteiger partial charge is 0.478 e. The Labute approximate surface area is 107 Å². The maximum atomic E-state index is 14.0. The third kappa shape index (κ3) is 2.60. The quantitative estimate of drug-likeness (QED) is 0.929. The molecule has 0 aromatic heterocycles. The van der Waals surface area contributed by atoms with Crippen LogP contribution >= 0.6 is 15.9 Å². The lowest BCUT2D eigenvalue weighted by atomic mass is 10.2. The van der Waals surface area contributed by atoms with Crippen LogP contribution in [-0.2, 0) is 0 Å². The highest BCUT2D eigenvalue weighted by atomic mass is 79.9. The summed E-state index contributed by atoms with van der Waals surface area (Å²) in [5.74, 6) is -0.988. The molecule has 0 amide bonds. The third-order valence-electron chi connectivity index (χ3n) is 2.93. The molecular formula is C12H13BrFNO2. The van der Waals surface area contributed by atoms with E-state index in [4.69, 9.17) is 5.11 Å². The Bertz CT molecular complexity index is 460. The van der Waals surface area contributed by atoms with Crippen LogP contribution in [0.25, 0.3) is 0 Å². The first-order valence-corrected chi connectivity index (χ1v) is 6.22. The lowest BCUT2D eigenvalue weighted by Gasteiger charge is -2.20. The van der Waals surface area contributed by atoms with Gasteiger partial charge in [0.25, 0.3) is 0 Å². The minimum Gasteiger partial charge on any atom is -0.478 e. The zero-order valence-electron chi connectivity index (χ0n) is 9.41. The number of hydrogen-bond acceptors (Lipinski definition) is 2. The number of carboxylic acid groups (broad SMARTS) is 1. The standard InChI is InChI=1S/C12H13BrFNO2/c1-15(6-7-2-3-7)9-5-4-8(12(16)17)10(13)11(9)14/h4-5,7H,2-3,6H2,1H3,(H,16,17). The van der Waals surface area contributed by atoms with Gasteiger partial charge in [0.2, 0.25) is 0 Å². The van der Waals surface area contributed by atoms with Crippen molar-refractivity contribution in [3.05, 3.63) is 28.0 Å². The van der Waals surface area contributed by atoms with Gasteiger partial charge >= 0.3 is 5.97 Å². The van der Waals surface area contributed by atoms with Crippen LogP contribution in [0.3, 0.4) is 0 Å². The fourth-order valence-corrected chi connectivity index (χ4v) is 2.29. The van der Waals surface area contributed by atoms with Crippen LogP contribution in [0, 0.1) is 11.7 Å². The summed E-state index contributed by atoms with van der Waals surface area (Å²) in [4.78, 5) is 12.7. The molecule has 0 heterocycles. The highest BCUT2D eigenvalue weighted by Gasteiger charge is 2.25. The van der Waals surface area contributed by atoms with Gasteiger partial charge in [0.15, 0.2) is 5.82 Å². The molecule has 0 spiro atoms. The van der Waals surface area contributed by atoms with Crippen molar-refractivity contribution in [2.45, 2.75) is 12.8 Å². The van der Waals surface area contributed by atoms with Crippen LogP contribution in [0.2, 0.25) is 0 Å². The van der Waals surface area contributed by atoms with Gasteiger partial charge in [-0.1, -0.05) is 0 Å². The molecule has 0 radical (unpaired) electrons.